The molecule has 1 N–H and O–H groups in total. The van der Waals surface area contributed by atoms with Crippen LogP contribution in [0.2, 0.25) is 0 Å². The van der Waals surface area contributed by atoms with E-state index in [9.17, 15) is 18.0 Å². The Morgan fingerprint density at radius 3 is 2.72 bits per heavy atom. The van der Waals surface area contributed by atoms with E-state index in [1.807, 2.05) is 13.0 Å². The number of para-hydroxylation sites is 1. The average molecular weight is 423 g/mol. The molecule has 0 saturated heterocycles. The third-order valence-corrected chi connectivity index (χ3v) is 4.44. The summed E-state index contributed by atoms with van der Waals surface area (Å²) in [6.45, 7) is 2.33. The minimum atomic E-state index is -4.48. The second kappa shape index (κ2) is 8.99. The Morgan fingerprint density at radius 2 is 1.97 bits per heavy atom. The first-order valence-corrected chi connectivity index (χ1v) is 9.51. The highest BCUT2D eigenvalue weighted by molar-refractivity contribution is 7.99. The van der Waals surface area contributed by atoms with Crippen molar-refractivity contribution in [3.63, 3.8) is 0 Å². The van der Waals surface area contributed by atoms with Crippen LogP contribution in [0.1, 0.15) is 12.5 Å². The maximum absolute atomic E-state index is 12.7. The summed E-state index contributed by atoms with van der Waals surface area (Å²) in [5.41, 5.74) is -0.151. The van der Waals surface area contributed by atoms with Gasteiger partial charge in [0.15, 0.2) is 0 Å². The fourth-order valence-electron chi connectivity index (χ4n) is 2.40. The first-order valence-electron chi connectivity index (χ1n) is 8.52. The molecule has 1 aromatic heterocycles. The quantitative estimate of drug-likeness (QED) is 0.546. The molecule has 0 aliphatic rings. The van der Waals surface area contributed by atoms with Crippen LogP contribution in [0.15, 0.2) is 58.2 Å². The fourth-order valence-corrected chi connectivity index (χ4v) is 2.96. The van der Waals surface area contributed by atoms with E-state index in [0.717, 1.165) is 23.9 Å². The topological polar surface area (TPSA) is 77.2 Å². The van der Waals surface area contributed by atoms with Crippen molar-refractivity contribution >= 4 is 23.4 Å². The summed E-state index contributed by atoms with van der Waals surface area (Å²) in [6, 6.07) is 11.6. The van der Waals surface area contributed by atoms with Gasteiger partial charge in [-0.15, -0.1) is 10.2 Å². The van der Waals surface area contributed by atoms with Crippen molar-refractivity contribution in [3.05, 3.63) is 54.1 Å². The van der Waals surface area contributed by atoms with Crippen LogP contribution in [0, 0.1) is 0 Å². The van der Waals surface area contributed by atoms with E-state index >= 15 is 0 Å². The summed E-state index contributed by atoms with van der Waals surface area (Å²) in [5.74, 6) is 0.237. The number of amides is 1. The molecule has 10 heteroatoms. The molecule has 3 aromatic rings. The van der Waals surface area contributed by atoms with Crippen molar-refractivity contribution in [2.75, 3.05) is 17.7 Å². The molecule has 0 bridgehead atoms. The van der Waals surface area contributed by atoms with Crippen molar-refractivity contribution in [2.45, 2.75) is 18.3 Å². The van der Waals surface area contributed by atoms with Gasteiger partial charge in [-0.2, -0.15) is 13.2 Å². The molecule has 0 radical (unpaired) electrons. The van der Waals surface area contributed by atoms with Crippen LogP contribution in [0.4, 0.5) is 18.9 Å². The number of hydrogen-bond acceptors (Lipinski definition) is 6. The van der Waals surface area contributed by atoms with Crippen molar-refractivity contribution in [1.29, 1.82) is 0 Å². The van der Waals surface area contributed by atoms with Gasteiger partial charge in [-0.05, 0) is 37.3 Å². The lowest BCUT2D eigenvalue weighted by atomic mass is 10.2. The van der Waals surface area contributed by atoms with Gasteiger partial charge in [-0.3, -0.25) is 4.79 Å². The molecule has 0 atom stereocenters. The first kappa shape index (κ1) is 20.7. The molecule has 0 saturated carbocycles. The van der Waals surface area contributed by atoms with E-state index in [2.05, 4.69) is 15.5 Å². The van der Waals surface area contributed by atoms with E-state index in [1.165, 1.54) is 12.1 Å². The number of carbonyl (C=O) groups excluding carboxylic acids is 1. The van der Waals surface area contributed by atoms with Gasteiger partial charge in [-0.25, -0.2) is 0 Å². The van der Waals surface area contributed by atoms with Crippen LogP contribution in [-0.4, -0.2) is 28.5 Å². The number of carbonyl (C=O) groups is 1. The fraction of sp³-hybridized carbons (Fsp3) is 0.211. The van der Waals surface area contributed by atoms with Gasteiger partial charge in [0.05, 0.1) is 23.5 Å². The van der Waals surface area contributed by atoms with Gasteiger partial charge in [0.25, 0.3) is 11.1 Å². The number of halogens is 3. The van der Waals surface area contributed by atoms with Gasteiger partial charge < -0.3 is 14.5 Å². The van der Waals surface area contributed by atoms with E-state index in [4.69, 9.17) is 9.15 Å². The van der Waals surface area contributed by atoms with Gasteiger partial charge in [-0.1, -0.05) is 30.0 Å². The van der Waals surface area contributed by atoms with Crippen molar-refractivity contribution in [3.8, 4) is 17.2 Å². The van der Waals surface area contributed by atoms with Gasteiger partial charge in [0.2, 0.25) is 5.91 Å². The minimum Gasteiger partial charge on any atom is -0.493 e. The van der Waals surface area contributed by atoms with E-state index in [-0.39, 0.29) is 22.6 Å². The van der Waals surface area contributed by atoms with Crippen LogP contribution < -0.4 is 10.1 Å². The van der Waals surface area contributed by atoms with Crippen molar-refractivity contribution in [1.82, 2.24) is 10.2 Å². The number of alkyl halides is 3. The van der Waals surface area contributed by atoms with Gasteiger partial charge >= 0.3 is 6.18 Å². The molecule has 0 fully saturated rings. The molecule has 3 rings (SSSR count). The van der Waals surface area contributed by atoms with Crippen molar-refractivity contribution < 1.29 is 27.1 Å². The van der Waals surface area contributed by atoms with E-state index in [1.54, 1.807) is 18.2 Å². The zero-order valence-electron chi connectivity index (χ0n) is 15.2. The summed E-state index contributed by atoms with van der Waals surface area (Å²) in [4.78, 5) is 12.0. The maximum atomic E-state index is 12.7. The minimum absolute atomic E-state index is 0.0577. The molecular formula is C19H16F3N3O3S. The molecule has 6 nitrogen and oxygen atoms in total. The smallest absolute Gasteiger partial charge is 0.416 e. The summed E-state index contributed by atoms with van der Waals surface area (Å²) < 4.78 is 49.3. The number of nitrogens with one attached hydrogen (secondary N) is 1. The predicted molar refractivity (Wildman–Crippen MR) is 102 cm³/mol. The number of rotatable bonds is 7. The molecule has 1 amide bonds. The number of aromatic nitrogens is 2. The second-order valence-corrected chi connectivity index (χ2v) is 6.64. The SMILES string of the molecule is CCOc1ccccc1-c1nnc(SCC(=O)Nc2cccc(C(F)(F)F)c2)o1. The lowest BCUT2D eigenvalue weighted by Gasteiger charge is -2.09. The highest BCUT2D eigenvalue weighted by atomic mass is 32.2. The number of ether oxygens (including phenoxy) is 1. The third-order valence-electron chi connectivity index (χ3n) is 3.62. The molecule has 0 spiro atoms. The molecule has 1 heterocycles. The highest BCUT2D eigenvalue weighted by Gasteiger charge is 2.30. The Balaban J connectivity index is 1.61. The maximum Gasteiger partial charge on any atom is 0.416 e. The Morgan fingerprint density at radius 1 is 1.17 bits per heavy atom. The highest BCUT2D eigenvalue weighted by Crippen LogP contribution is 2.32. The van der Waals surface area contributed by atoms with Crippen molar-refractivity contribution in [2.24, 2.45) is 0 Å². The van der Waals surface area contributed by atoms with E-state index < -0.39 is 17.6 Å². The summed E-state index contributed by atoms with van der Waals surface area (Å²) in [5, 5.41) is 10.4. The molecule has 152 valence electrons. The van der Waals surface area contributed by atoms with Crippen LogP contribution in [0.25, 0.3) is 11.5 Å². The Labute approximate surface area is 168 Å². The number of benzene rings is 2. The van der Waals surface area contributed by atoms with E-state index in [0.29, 0.717) is 17.9 Å². The number of nitrogens with zero attached hydrogens (tertiary/aromatic N) is 2. The van der Waals surface area contributed by atoms with Crippen LogP contribution in [0.3, 0.4) is 0 Å². The molecular weight excluding hydrogens is 407 g/mol. The Bertz CT molecular complexity index is 992. The Kier molecular flexibility index (Phi) is 6.42. The molecule has 0 unspecified atom stereocenters. The monoisotopic (exact) mass is 423 g/mol. The standard InChI is InChI=1S/C19H16F3N3O3S/c1-2-27-15-9-4-3-8-14(15)17-24-25-18(28-17)29-11-16(26)23-13-7-5-6-12(10-13)19(20,21)22/h3-10H,2,11H2,1H3,(H,23,26). The number of thioether (sulfide) groups is 1. The second-order valence-electron chi connectivity index (χ2n) is 5.72. The molecule has 0 aliphatic carbocycles. The summed E-state index contributed by atoms with van der Waals surface area (Å²) in [6.07, 6.45) is -4.48. The van der Waals surface area contributed by atoms with Crippen LogP contribution in [-0.2, 0) is 11.0 Å². The summed E-state index contributed by atoms with van der Waals surface area (Å²) in [7, 11) is 0. The molecule has 2 aromatic carbocycles. The Hall–Kier alpha value is -3.01. The lowest BCUT2D eigenvalue weighted by Crippen LogP contribution is -2.15. The summed E-state index contributed by atoms with van der Waals surface area (Å²) >= 11 is 0.977. The normalized spacial score (nSPS) is 11.3. The zero-order chi connectivity index (χ0) is 20.9. The largest absolute Gasteiger partial charge is 0.493 e. The van der Waals surface area contributed by atoms with Crippen LogP contribution >= 0.6 is 11.8 Å². The predicted octanol–water partition coefficient (Wildman–Crippen LogP) is 4.88. The van der Waals surface area contributed by atoms with Crippen LogP contribution in [0.5, 0.6) is 5.75 Å². The molecule has 29 heavy (non-hydrogen) atoms. The first-order chi connectivity index (χ1) is 13.9. The van der Waals surface area contributed by atoms with Gasteiger partial charge in [0.1, 0.15) is 5.75 Å². The van der Waals surface area contributed by atoms with Gasteiger partial charge in [0, 0.05) is 5.69 Å². The number of anilines is 1. The third kappa shape index (κ3) is 5.50. The zero-order valence-corrected chi connectivity index (χ0v) is 16.0. The molecule has 0 aliphatic heterocycles. The lowest BCUT2D eigenvalue weighted by molar-refractivity contribution is -0.137. The number of hydrogen-bond donors (Lipinski definition) is 1. The average Bonchev–Trinajstić information content (AvgIpc) is 3.15.